The van der Waals surface area contributed by atoms with Gasteiger partial charge in [0.1, 0.15) is 0 Å². The Bertz CT molecular complexity index is 458. The number of pyridine rings is 1. The molecule has 6 heteroatoms. The molecular weight excluding hydrogens is 246 g/mol. The van der Waals surface area contributed by atoms with E-state index in [0.29, 0.717) is 17.4 Å². The molecule has 0 amide bonds. The lowest BCUT2D eigenvalue weighted by molar-refractivity contribution is 0.0576. The van der Waals surface area contributed by atoms with Gasteiger partial charge in [-0.15, -0.1) is 0 Å². The van der Waals surface area contributed by atoms with E-state index in [4.69, 9.17) is 15.6 Å². The van der Waals surface area contributed by atoms with E-state index in [9.17, 15) is 4.79 Å². The summed E-state index contributed by atoms with van der Waals surface area (Å²) in [6.45, 7) is 2.33. The third-order valence-electron chi connectivity index (χ3n) is 3.27. The predicted molar refractivity (Wildman–Crippen MR) is 72.4 cm³/mol. The minimum Gasteiger partial charge on any atom is -0.477 e. The summed E-state index contributed by atoms with van der Waals surface area (Å²) in [4.78, 5) is 16.9. The van der Waals surface area contributed by atoms with Crippen LogP contribution in [0.4, 0.5) is 11.5 Å². The van der Waals surface area contributed by atoms with Gasteiger partial charge in [-0.3, -0.25) is 0 Å². The van der Waals surface area contributed by atoms with Crippen molar-refractivity contribution in [2.45, 2.75) is 12.8 Å². The highest BCUT2D eigenvalue weighted by molar-refractivity contribution is 5.86. The van der Waals surface area contributed by atoms with Crippen LogP contribution >= 0.6 is 0 Å². The van der Waals surface area contributed by atoms with Gasteiger partial charge >= 0.3 is 5.97 Å². The van der Waals surface area contributed by atoms with Gasteiger partial charge in [-0.25, -0.2) is 9.78 Å². The van der Waals surface area contributed by atoms with Gasteiger partial charge in [0, 0.05) is 20.2 Å². The zero-order valence-electron chi connectivity index (χ0n) is 11.0. The molecule has 1 fully saturated rings. The average molecular weight is 265 g/mol. The highest BCUT2D eigenvalue weighted by Gasteiger charge is 2.18. The molecular formula is C13H19N3O3. The first-order valence-corrected chi connectivity index (χ1v) is 6.36. The number of rotatable bonds is 4. The van der Waals surface area contributed by atoms with Crippen LogP contribution in [0.15, 0.2) is 12.1 Å². The summed E-state index contributed by atoms with van der Waals surface area (Å²) >= 11 is 0. The van der Waals surface area contributed by atoms with Crippen LogP contribution in [0.2, 0.25) is 0 Å². The maximum atomic E-state index is 10.9. The molecule has 1 aromatic heterocycles. The lowest BCUT2D eigenvalue weighted by Crippen LogP contribution is -2.32. The normalized spacial score (nSPS) is 19.1. The van der Waals surface area contributed by atoms with Crippen LogP contribution in [-0.4, -0.2) is 42.9 Å². The fourth-order valence-corrected chi connectivity index (χ4v) is 2.31. The van der Waals surface area contributed by atoms with Crippen molar-refractivity contribution < 1.29 is 14.6 Å². The number of nitrogens with two attached hydrogens (primary N) is 1. The largest absolute Gasteiger partial charge is 0.477 e. The van der Waals surface area contributed by atoms with Crippen molar-refractivity contribution in [2.24, 2.45) is 5.92 Å². The number of carboxylic acids is 1. The summed E-state index contributed by atoms with van der Waals surface area (Å²) in [7, 11) is 1.87. The molecule has 1 aliphatic rings. The summed E-state index contributed by atoms with van der Waals surface area (Å²) in [6.07, 6.45) is 2.18. The molecule has 1 unspecified atom stereocenters. The van der Waals surface area contributed by atoms with Crippen molar-refractivity contribution in [3.63, 3.8) is 0 Å². The van der Waals surface area contributed by atoms with Crippen LogP contribution in [0, 0.1) is 5.92 Å². The highest BCUT2D eigenvalue weighted by atomic mass is 16.5. The van der Waals surface area contributed by atoms with Gasteiger partial charge in [0.2, 0.25) is 0 Å². The molecule has 2 heterocycles. The molecule has 1 aromatic rings. The predicted octanol–water partition coefficient (Wildman–Crippen LogP) is 1.22. The van der Waals surface area contributed by atoms with Gasteiger partial charge < -0.3 is 20.5 Å². The summed E-state index contributed by atoms with van der Waals surface area (Å²) in [5, 5.41) is 8.96. The summed E-state index contributed by atoms with van der Waals surface area (Å²) in [6, 6.07) is 3.00. The van der Waals surface area contributed by atoms with Crippen LogP contribution in [-0.2, 0) is 4.74 Å². The fraction of sp³-hybridized carbons (Fsp3) is 0.538. The number of ether oxygens (including phenoxy) is 1. The zero-order valence-corrected chi connectivity index (χ0v) is 11.0. The molecule has 0 aliphatic carbocycles. The van der Waals surface area contributed by atoms with E-state index in [1.165, 1.54) is 6.07 Å². The van der Waals surface area contributed by atoms with Gasteiger partial charge in [0.25, 0.3) is 0 Å². The first-order chi connectivity index (χ1) is 9.08. The van der Waals surface area contributed by atoms with E-state index >= 15 is 0 Å². The number of carboxylic acid groups (broad SMARTS) is 1. The summed E-state index contributed by atoms with van der Waals surface area (Å²) in [5.41, 5.74) is 6.37. The molecule has 0 saturated carbocycles. The number of nitrogen functional groups attached to an aromatic ring is 1. The molecule has 0 spiro atoms. The molecule has 0 bridgehead atoms. The monoisotopic (exact) mass is 265 g/mol. The second kappa shape index (κ2) is 5.88. The van der Waals surface area contributed by atoms with Crippen molar-refractivity contribution in [1.29, 1.82) is 0 Å². The molecule has 104 valence electrons. The number of hydrogen-bond donors (Lipinski definition) is 2. The van der Waals surface area contributed by atoms with Gasteiger partial charge in [-0.1, -0.05) is 0 Å². The lowest BCUT2D eigenvalue weighted by Gasteiger charge is -2.28. The minimum atomic E-state index is -1.05. The van der Waals surface area contributed by atoms with Crippen LogP contribution < -0.4 is 10.6 Å². The van der Waals surface area contributed by atoms with Crippen LogP contribution in [0.5, 0.6) is 0 Å². The van der Waals surface area contributed by atoms with Crippen LogP contribution in [0.25, 0.3) is 0 Å². The number of hydrogen-bond acceptors (Lipinski definition) is 5. The van der Waals surface area contributed by atoms with Crippen molar-refractivity contribution in [3.8, 4) is 0 Å². The number of aromatic carboxylic acids is 1. The van der Waals surface area contributed by atoms with E-state index in [-0.39, 0.29) is 5.69 Å². The van der Waals surface area contributed by atoms with E-state index in [0.717, 1.165) is 32.6 Å². The third-order valence-corrected chi connectivity index (χ3v) is 3.27. The Morgan fingerprint density at radius 1 is 1.63 bits per heavy atom. The molecule has 1 atom stereocenters. The molecule has 3 N–H and O–H groups in total. The van der Waals surface area contributed by atoms with Gasteiger partial charge in [0.05, 0.1) is 12.3 Å². The molecule has 19 heavy (non-hydrogen) atoms. The van der Waals surface area contributed by atoms with Gasteiger partial charge in [0.15, 0.2) is 11.5 Å². The number of anilines is 2. The summed E-state index contributed by atoms with van der Waals surface area (Å²) in [5.74, 6) is -0.0884. The smallest absolute Gasteiger partial charge is 0.354 e. The number of carbonyl (C=O) groups is 1. The van der Waals surface area contributed by atoms with Crippen molar-refractivity contribution >= 4 is 17.5 Å². The molecule has 0 radical (unpaired) electrons. The average Bonchev–Trinajstić information content (AvgIpc) is 2.40. The van der Waals surface area contributed by atoms with E-state index in [1.54, 1.807) is 6.07 Å². The van der Waals surface area contributed by atoms with E-state index in [1.807, 2.05) is 11.9 Å². The second-order valence-electron chi connectivity index (χ2n) is 4.88. The quantitative estimate of drug-likeness (QED) is 0.851. The van der Waals surface area contributed by atoms with Crippen LogP contribution in [0.1, 0.15) is 23.3 Å². The van der Waals surface area contributed by atoms with Crippen molar-refractivity contribution in [3.05, 3.63) is 17.8 Å². The van der Waals surface area contributed by atoms with Crippen LogP contribution in [0.3, 0.4) is 0 Å². The maximum absolute atomic E-state index is 10.9. The van der Waals surface area contributed by atoms with Gasteiger partial charge in [-0.05, 0) is 30.9 Å². The molecule has 0 aromatic carbocycles. The standard InChI is InChI=1S/C13H19N3O3/c1-16(7-9-3-2-6-19-8-9)12-10(14)4-5-11(15-12)13(17)18/h4-5,9H,2-3,6-8,14H2,1H3,(H,17,18). The first-order valence-electron chi connectivity index (χ1n) is 6.36. The highest BCUT2D eigenvalue weighted by Crippen LogP contribution is 2.23. The van der Waals surface area contributed by atoms with Crippen molar-refractivity contribution in [2.75, 3.05) is 37.4 Å². The Hall–Kier alpha value is -1.82. The lowest BCUT2D eigenvalue weighted by atomic mass is 10.0. The zero-order chi connectivity index (χ0) is 13.8. The summed E-state index contributed by atoms with van der Waals surface area (Å²) < 4.78 is 5.44. The Labute approximate surface area is 112 Å². The third kappa shape index (κ3) is 3.35. The maximum Gasteiger partial charge on any atom is 0.354 e. The minimum absolute atomic E-state index is 0.0101. The second-order valence-corrected chi connectivity index (χ2v) is 4.88. The molecule has 1 aliphatic heterocycles. The number of nitrogens with zero attached hydrogens (tertiary/aromatic N) is 2. The first kappa shape index (κ1) is 13.6. The number of aromatic nitrogens is 1. The Morgan fingerprint density at radius 3 is 3.05 bits per heavy atom. The Morgan fingerprint density at radius 2 is 2.42 bits per heavy atom. The van der Waals surface area contributed by atoms with Crippen molar-refractivity contribution in [1.82, 2.24) is 4.98 Å². The van der Waals surface area contributed by atoms with E-state index in [2.05, 4.69) is 4.98 Å². The molecule has 2 rings (SSSR count). The topological polar surface area (TPSA) is 88.7 Å². The SMILES string of the molecule is CN(CC1CCCOC1)c1nc(C(=O)O)ccc1N. The fourth-order valence-electron chi connectivity index (χ4n) is 2.31. The Kier molecular flexibility index (Phi) is 4.21. The molecule has 1 saturated heterocycles. The molecule has 6 nitrogen and oxygen atoms in total. The van der Waals surface area contributed by atoms with Gasteiger partial charge in [-0.2, -0.15) is 0 Å². The van der Waals surface area contributed by atoms with E-state index < -0.39 is 5.97 Å². The Balaban J connectivity index is 2.10.